The van der Waals surface area contributed by atoms with Gasteiger partial charge in [-0.3, -0.25) is 0 Å². The summed E-state index contributed by atoms with van der Waals surface area (Å²) in [5.41, 5.74) is 2.75. The molecule has 1 N–H and O–H groups in total. The van der Waals surface area contributed by atoms with Crippen LogP contribution in [0.1, 0.15) is 17.5 Å². The average molecular weight is 221 g/mol. The summed E-state index contributed by atoms with van der Waals surface area (Å²) < 4.78 is 0. The zero-order valence-corrected chi connectivity index (χ0v) is 9.48. The lowest BCUT2D eigenvalue weighted by Crippen LogP contribution is -2.15. The van der Waals surface area contributed by atoms with Crippen molar-refractivity contribution < 1.29 is 4.79 Å². The van der Waals surface area contributed by atoms with Crippen LogP contribution in [0.2, 0.25) is 0 Å². The van der Waals surface area contributed by atoms with Crippen molar-refractivity contribution in [3.8, 4) is 0 Å². The Morgan fingerprint density at radius 3 is 3.27 bits per heavy atom. The van der Waals surface area contributed by atoms with Crippen LogP contribution in [0.3, 0.4) is 0 Å². The molecule has 0 unspecified atom stereocenters. The van der Waals surface area contributed by atoms with Crippen molar-refractivity contribution in [2.24, 2.45) is 0 Å². The Labute approximate surface area is 94.4 Å². The molecule has 3 heteroatoms. The van der Waals surface area contributed by atoms with Gasteiger partial charge in [0.15, 0.2) is 0 Å². The molecule has 1 aromatic rings. The first-order chi connectivity index (χ1) is 7.40. The Balaban J connectivity index is 2.03. The first kappa shape index (κ1) is 10.7. The van der Waals surface area contributed by atoms with Crippen molar-refractivity contribution in [3.05, 3.63) is 29.3 Å². The van der Waals surface area contributed by atoms with E-state index < -0.39 is 0 Å². The molecule has 0 spiro atoms. The van der Waals surface area contributed by atoms with Gasteiger partial charge in [0.2, 0.25) is 0 Å². The summed E-state index contributed by atoms with van der Waals surface area (Å²) in [6.07, 6.45) is 3.38. The van der Waals surface area contributed by atoms with Gasteiger partial charge < -0.3 is 10.1 Å². The molecule has 0 fully saturated rings. The number of benzene rings is 1. The minimum atomic E-state index is 0.436. The maximum Gasteiger partial charge on any atom is 0.133 e. The molecule has 2 nitrogen and oxygen atoms in total. The third-order valence-electron chi connectivity index (χ3n) is 2.53. The lowest BCUT2D eigenvalue weighted by molar-refractivity contribution is -0.107. The largest absolute Gasteiger partial charge is 0.306 e. The van der Waals surface area contributed by atoms with Crippen LogP contribution in [0.25, 0.3) is 0 Å². The average Bonchev–Trinajstić information content (AvgIpc) is 2.29. The topological polar surface area (TPSA) is 29.1 Å². The molecule has 80 valence electrons. The van der Waals surface area contributed by atoms with E-state index in [2.05, 4.69) is 23.5 Å². The van der Waals surface area contributed by atoms with E-state index in [4.69, 9.17) is 0 Å². The number of rotatable bonds is 4. The lowest BCUT2D eigenvalue weighted by atomic mass is 10.1. The number of aldehydes is 1. The van der Waals surface area contributed by atoms with Gasteiger partial charge in [-0.1, -0.05) is 12.1 Å². The van der Waals surface area contributed by atoms with E-state index in [9.17, 15) is 4.79 Å². The summed E-state index contributed by atoms with van der Waals surface area (Å²) in [4.78, 5) is 11.6. The lowest BCUT2D eigenvalue weighted by Gasteiger charge is -2.16. The summed E-state index contributed by atoms with van der Waals surface area (Å²) >= 11 is 1.95. The van der Waals surface area contributed by atoms with Crippen LogP contribution in [-0.2, 0) is 17.8 Å². The Morgan fingerprint density at radius 1 is 1.47 bits per heavy atom. The van der Waals surface area contributed by atoms with Gasteiger partial charge >= 0.3 is 0 Å². The van der Waals surface area contributed by atoms with Gasteiger partial charge in [0.1, 0.15) is 6.29 Å². The molecule has 1 heterocycles. The first-order valence-corrected chi connectivity index (χ1v) is 6.27. The maximum absolute atomic E-state index is 10.2. The maximum atomic E-state index is 10.2. The van der Waals surface area contributed by atoms with Gasteiger partial charge in [-0.2, -0.15) is 0 Å². The zero-order chi connectivity index (χ0) is 10.5. The SMILES string of the molecule is O=CCNCc1ccc2c(c1)CCCS2. The van der Waals surface area contributed by atoms with Crippen molar-refractivity contribution in [3.63, 3.8) is 0 Å². The molecule has 0 aromatic heterocycles. The Hall–Kier alpha value is -0.800. The second-order valence-electron chi connectivity index (χ2n) is 3.69. The van der Waals surface area contributed by atoms with Crippen LogP contribution in [0.5, 0.6) is 0 Å². The molecule has 0 aliphatic carbocycles. The van der Waals surface area contributed by atoms with Gasteiger partial charge in [-0.05, 0) is 35.8 Å². The van der Waals surface area contributed by atoms with Gasteiger partial charge in [0.25, 0.3) is 0 Å². The van der Waals surface area contributed by atoms with E-state index in [-0.39, 0.29) is 0 Å². The monoisotopic (exact) mass is 221 g/mol. The molecule has 0 saturated heterocycles. The number of aryl methyl sites for hydroxylation is 1. The molecule has 0 radical (unpaired) electrons. The molecular weight excluding hydrogens is 206 g/mol. The van der Waals surface area contributed by atoms with Crippen LogP contribution in [-0.4, -0.2) is 18.6 Å². The van der Waals surface area contributed by atoms with Crippen LogP contribution in [0.15, 0.2) is 23.1 Å². The Kier molecular flexibility index (Phi) is 3.80. The summed E-state index contributed by atoms with van der Waals surface area (Å²) in [6, 6.07) is 6.62. The van der Waals surface area contributed by atoms with E-state index in [1.165, 1.54) is 34.6 Å². The molecule has 1 aromatic carbocycles. The van der Waals surface area contributed by atoms with Crippen molar-refractivity contribution in [1.82, 2.24) is 5.32 Å². The van der Waals surface area contributed by atoms with Crippen LogP contribution >= 0.6 is 11.8 Å². The highest BCUT2D eigenvalue weighted by Gasteiger charge is 2.09. The molecule has 0 atom stereocenters. The first-order valence-electron chi connectivity index (χ1n) is 5.29. The quantitative estimate of drug-likeness (QED) is 0.623. The Bertz CT molecular complexity index is 351. The van der Waals surface area contributed by atoms with Crippen molar-refractivity contribution in [1.29, 1.82) is 0 Å². The van der Waals surface area contributed by atoms with Crippen molar-refractivity contribution in [2.75, 3.05) is 12.3 Å². The van der Waals surface area contributed by atoms with Crippen molar-refractivity contribution in [2.45, 2.75) is 24.3 Å². The second kappa shape index (κ2) is 5.33. The predicted molar refractivity (Wildman–Crippen MR) is 63.3 cm³/mol. The van der Waals surface area contributed by atoms with Crippen molar-refractivity contribution >= 4 is 18.0 Å². The number of carbonyl (C=O) groups is 1. The molecule has 0 bridgehead atoms. The third-order valence-corrected chi connectivity index (χ3v) is 3.73. The minimum absolute atomic E-state index is 0.436. The fourth-order valence-corrected chi connectivity index (χ4v) is 2.82. The fraction of sp³-hybridized carbons (Fsp3) is 0.417. The van der Waals surface area contributed by atoms with Gasteiger partial charge in [0.05, 0.1) is 6.54 Å². The summed E-state index contributed by atoms with van der Waals surface area (Å²) in [6.45, 7) is 1.22. The van der Waals surface area contributed by atoms with E-state index >= 15 is 0 Å². The standard InChI is InChI=1S/C12H15NOS/c14-6-5-13-9-10-3-4-12-11(8-10)2-1-7-15-12/h3-4,6,8,13H,1-2,5,7,9H2. The van der Waals surface area contributed by atoms with Gasteiger partial charge in [0, 0.05) is 11.4 Å². The Morgan fingerprint density at radius 2 is 2.40 bits per heavy atom. The summed E-state index contributed by atoms with van der Waals surface area (Å²) in [5.74, 6) is 1.25. The highest BCUT2D eigenvalue weighted by molar-refractivity contribution is 7.99. The van der Waals surface area contributed by atoms with Crippen LogP contribution < -0.4 is 5.32 Å². The summed E-state index contributed by atoms with van der Waals surface area (Å²) in [5, 5.41) is 3.08. The zero-order valence-electron chi connectivity index (χ0n) is 8.66. The highest BCUT2D eigenvalue weighted by Crippen LogP contribution is 2.30. The molecule has 0 saturated carbocycles. The second-order valence-corrected chi connectivity index (χ2v) is 4.83. The number of hydrogen-bond donors (Lipinski definition) is 1. The number of carbonyl (C=O) groups excluding carboxylic acids is 1. The van der Waals surface area contributed by atoms with Gasteiger partial charge in [-0.25, -0.2) is 0 Å². The molecule has 15 heavy (non-hydrogen) atoms. The van der Waals surface area contributed by atoms with E-state index in [0.717, 1.165) is 12.8 Å². The third kappa shape index (κ3) is 2.83. The van der Waals surface area contributed by atoms with Crippen LogP contribution in [0.4, 0.5) is 0 Å². The highest BCUT2D eigenvalue weighted by atomic mass is 32.2. The number of thioether (sulfide) groups is 1. The number of nitrogens with one attached hydrogen (secondary N) is 1. The smallest absolute Gasteiger partial charge is 0.133 e. The predicted octanol–water partition coefficient (Wildman–Crippen LogP) is 2.01. The molecular formula is C12H15NOS. The fourth-order valence-electron chi connectivity index (χ4n) is 1.80. The minimum Gasteiger partial charge on any atom is -0.306 e. The number of fused-ring (bicyclic) bond motifs is 1. The molecule has 1 aliphatic heterocycles. The number of hydrogen-bond acceptors (Lipinski definition) is 3. The summed E-state index contributed by atoms with van der Waals surface area (Å²) in [7, 11) is 0. The van der Waals surface area contributed by atoms with Gasteiger partial charge in [-0.15, -0.1) is 11.8 Å². The molecule has 0 amide bonds. The van der Waals surface area contributed by atoms with E-state index in [1.807, 2.05) is 11.8 Å². The molecule has 1 aliphatic rings. The van der Waals surface area contributed by atoms with E-state index in [0.29, 0.717) is 6.54 Å². The van der Waals surface area contributed by atoms with E-state index in [1.54, 1.807) is 0 Å². The normalized spacial score (nSPS) is 14.7. The van der Waals surface area contributed by atoms with Crippen LogP contribution in [0, 0.1) is 0 Å². The molecule has 2 rings (SSSR count).